The molecule has 0 unspecified atom stereocenters. The van der Waals surface area contributed by atoms with Gasteiger partial charge in [-0.15, -0.1) is 0 Å². The zero-order valence-corrected chi connectivity index (χ0v) is 43.9. The van der Waals surface area contributed by atoms with Gasteiger partial charge >= 0.3 is 0 Å². The van der Waals surface area contributed by atoms with Crippen molar-refractivity contribution in [2.75, 3.05) is 16.0 Å². The van der Waals surface area contributed by atoms with Crippen LogP contribution in [0.25, 0.3) is 0 Å². The second-order valence-corrected chi connectivity index (χ2v) is 18.3. The summed E-state index contributed by atoms with van der Waals surface area (Å²) in [5, 5.41) is 2.97. The van der Waals surface area contributed by atoms with Gasteiger partial charge in [-0.25, -0.2) is 13.7 Å². The smallest absolute Gasteiger partial charge is 0.169 e. The summed E-state index contributed by atoms with van der Waals surface area (Å²) in [7, 11) is 0. The van der Waals surface area contributed by atoms with E-state index in [1.54, 1.807) is 0 Å². The fourth-order valence-corrected chi connectivity index (χ4v) is 7.08. The van der Waals surface area contributed by atoms with Gasteiger partial charge in [0.2, 0.25) is 0 Å². The van der Waals surface area contributed by atoms with Crippen molar-refractivity contribution in [3.8, 4) is 71.0 Å². The van der Waals surface area contributed by atoms with Crippen molar-refractivity contribution in [3.63, 3.8) is 0 Å². The fourth-order valence-electron chi connectivity index (χ4n) is 6.23. The molecule has 3 nitrogen and oxygen atoms in total. The molecule has 0 spiro atoms. The van der Waals surface area contributed by atoms with E-state index in [-0.39, 0.29) is 0 Å². The number of rotatable bonds is 15. The number of benzene rings is 2. The van der Waals surface area contributed by atoms with Gasteiger partial charge in [-0.1, -0.05) is 119 Å². The molecule has 0 N–H and O–H groups in total. The number of alkyl halides is 3. The summed E-state index contributed by atoms with van der Waals surface area (Å²) in [4.78, 5) is 0. The third kappa shape index (κ3) is 23.7. The van der Waals surface area contributed by atoms with Crippen molar-refractivity contribution in [2.45, 2.75) is 117 Å². The van der Waals surface area contributed by atoms with Gasteiger partial charge < -0.3 is 0 Å². The summed E-state index contributed by atoms with van der Waals surface area (Å²) >= 11 is 10.3. The summed E-state index contributed by atoms with van der Waals surface area (Å²) in [6, 6.07) is 25.3. The molecule has 2 aromatic carbocycles. The normalized spacial score (nSPS) is 9.73. The first-order valence-electron chi connectivity index (χ1n) is 23.1. The minimum atomic E-state index is 0.852. The Bertz CT molecular complexity index is 2310. The van der Waals surface area contributed by atoms with Crippen molar-refractivity contribution < 1.29 is 13.7 Å². The van der Waals surface area contributed by atoms with Crippen LogP contribution in [0.15, 0.2) is 110 Å². The number of aromatic nitrogens is 3. The Morgan fingerprint density at radius 3 is 0.712 bits per heavy atom. The number of pyridine rings is 3. The van der Waals surface area contributed by atoms with E-state index < -0.39 is 0 Å². The average Bonchev–Trinajstić information content (AvgIpc) is 3.32. The first-order valence-corrected chi connectivity index (χ1v) is 26.5. The van der Waals surface area contributed by atoms with Gasteiger partial charge in [-0.3, -0.25) is 0 Å². The molecule has 5 rings (SSSR count). The van der Waals surface area contributed by atoms with Crippen molar-refractivity contribution >= 4 is 47.8 Å². The lowest BCUT2D eigenvalue weighted by Gasteiger charge is -1.98. The molecule has 0 aliphatic rings. The van der Waals surface area contributed by atoms with Gasteiger partial charge in [0, 0.05) is 144 Å². The zero-order chi connectivity index (χ0) is 46.9. The van der Waals surface area contributed by atoms with E-state index in [0.29, 0.717) is 0 Å². The number of aryl methyl sites for hydroxylation is 6. The Balaban J connectivity index is 0.000000338. The van der Waals surface area contributed by atoms with Gasteiger partial charge in [-0.2, -0.15) is 0 Å². The van der Waals surface area contributed by atoms with Crippen LogP contribution in [-0.2, 0) is 19.6 Å². The maximum absolute atomic E-state index is 3.43. The highest BCUT2D eigenvalue weighted by molar-refractivity contribution is 9.09. The van der Waals surface area contributed by atoms with Gasteiger partial charge in [0.1, 0.15) is 19.6 Å². The highest BCUT2D eigenvalue weighted by Gasteiger charge is 2.02. The quantitative estimate of drug-likeness (QED) is 0.0429. The SMILES string of the molecule is BrCCCC#Cc1cc(C#CCCCBr)cc(C#CCCCBr)c1.Cc1cc[n+](CCCC#Cc2cc(C#CCCC[n+]3ccc(C)cc3)cc(C#CCCC[n+]3ccc(C)cc3)c2)cc1. The van der Waals surface area contributed by atoms with Crippen LogP contribution in [0.5, 0.6) is 0 Å². The first kappa shape index (κ1) is 53.3. The molecule has 0 bridgehead atoms. The summed E-state index contributed by atoms with van der Waals surface area (Å²) < 4.78 is 6.65. The van der Waals surface area contributed by atoms with E-state index in [9.17, 15) is 0 Å². The molecule has 0 aliphatic carbocycles. The Morgan fingerprint density at radius 1 is 0.318 bits per heavy atom. The van der Waals surface area contributed by atoms with Crippen molar-refractivity contribution in [3.05, 3.63) is 160 Å². The standard InChI is InChI=1S/C39H42N3.C21H21Br3/c1-34-16-25-40(26-17-34)22-10-4-7-13-37-31-38(14-8-5-11-23-41-27-18-35(2)19-28-41)33-39(32-37)15-9-6-12-24-42-29-20-36(3)21-30-42;22-13-7-1-4-10-19-16-20(11-5-2-8-14-23)18-21(17-19)12-6-3-9-15-24/h16-21,25-33H,4-6,10-12,22-24H2,1-3H3;16-18H,1-3,7-9,13-15H2/q+3;. The third-order valence-electron chi connectivity index (χ3n) is 9.90. The van der Waals surface area contributed by atoms with Crippen LogP contribution in [0.4, 0.5) is 0 Å². The number of hydrogen-bond acceptors (Lipinski definition) is 0. The third-order valence-corrected chi connectivity index (χ3v) is 11.6. The summed E-state index contributed by atoms with van der Waals surface area (Å²) in [5.74, 6) is 39.6. The lowest BCUT2D eigenvalue weighted by molar-refractivity contribution is -0.697. The van der Waals surface area contributed by atoms with E-state index in [0.717, 1.165) is 146 Å². The van der Waals surface area contributed by atoms with Crippen molar-refractivity contribution in [2.24, 2.45) is 0 Å². The second-order valence-electron chi connectivity index (χ2n) is 15.9. The van der Waals surface area contributed by atoms with Crippen LogP contribution in [-0.4, -0.2) is 16.0 Å². The molecule has 0 radical (unpaired) electrons. The number of halogens is 3. The Morgan fingerprint density at radius 2 is 0.515 bits per heavy atom. The first-order chi connectivity index (χ1) is 32.3. The maximum Gasteiger partial charge on any atom is 0.169 e. The molecule has 336 valence electrons. The molecular weight excluding hydrogens is 1000 g/mol. The molecule has 0 saturated heterocycles. The summed E-state index contributed by atoms with van der Waals surface area (Å²) in [5.41, 5.74) is 9.80. The van der Waals surface area contributed by atoms with Gasteiger partial charge in [-0.05, 0) is 93.1 Å². The Kier molecular flexibility index (Phi) is 26.8. The molecule has 3 heterocycles. The second kappa shape index (κ2) is 33.2. The largest absolute Gasteiger partial charge is 0.205 e. The predicted molar refractivity (Wildman–Crippen MR) is 285 cm³/mol. The number of hydrogen-bond donors (Lipinski definition) is 0. The van der Waals surface area contributed by atoms with Crippen LogP contribution in [0, 0.1) is 91.8 Å². The van der Waals surface area contributed by atoms with Crippen LogP contribution in [0.1, 0.15) is 127 Å². The molecule has 0 fully saturated rings. The van der Waals surface area contributed by atoms with Crippen molar-refractivity contribution in [1.29, 1.82) is 0 Å². The lowest BCUT2D eigenvalue weighted by atomic mass is 10.1. The Hall–Kier alpha value is -5.31. The molecule has 66 heavy (non-hydrogen) atoms. The highest BCUT2D eigenvalue weighted by Crippen LogP contribution is 2.11. The molecule has 0 aliphatic heterocycles. The molecule has 6 heteroatoms. The maximum atomic E-state index is 3.43. The lowest BCUT2D eigenvalue weighted by Crippen LogP contribution is -2.32. The van der Waals surface area contributed by atoms with E-state index in [1.165, 1.54) is 16.7 Å². The molecule has 0 amide bonds. The van der Waals surface area contributed by atoms with Crippen LogP contribution in [0.2, 0.25) is 0 Å². The zero-order valence-electron chi connectivity index (χ0n) is 39.1. The van der Waals surface area contributed by atoms with Crippen LogP contribution >= 0.6 is 47.8 Å². The number of nitrogens with zero attached hydrogens (tertiary/aromatic N) is 3. The Labute approximate surface area is 423 Å². The van der Waals surface area contributed by atoms with E-state index in [2.05, 4.69) is 263 Å². The minimum Gasteiger partial charge on any atom is -0.205 e. The van der Waals surface area contributed by atoms with Crippen LogP contribution < -0.4 is 13.7 Å². The molecular formula is C60H63Br3N3+3. The summed E-state index contributed by atoms with van der Waals surface area (Å²) in [6.07, 6.45) is 24.3. The van der Waals surface area contributed by atoms with E-state index in [1.807, 2.05) is 0 Å². The summed E-state index contributed by atoms with van der Waals surface area (Å²) in [6.45, 7) is 9.25. The highest BCUT2D eigenvalue weighted by atomic mass is 79.9. The van der Waals surface area contributed by atoms with Gasteiger partial charge in [0.05, 0.1) is 0 Å². The molecule has 0 atom stereocenters. The minimum absolute atomic E-state index is 0.852. The van der Waals surface area contributed by atoms with E-state index >= 15 is 0 Å². The monoisotopic (exact) mass is 1060 g/mol. The average molecular weight is 1070 g/mol. The topological polar surface area (TPSA) is 11.6 Å². The molecule has 3 aromatic heterocycles. The molecule has 0 saturated carbocycles. The fraction of sp³-hybridized carbons (Fsp3) is 0.350. The van der Waals surface area contributed by atoms with Crippen LogP contribution in [0.3, 0.4) is 0 Å². The van der Waals surface area contributed by atoms with Crippen molar-refractivity contribution in [1.82, 2.24) is 0 Å². The van der Waals surface area contributed by atoms with Gasteiger partial charge in [0.15, 0.2) is 37.2 Å². The predicted octanol–water partition coefficient (Wildman–Crippen LogP) is 12.2. The van der Waals surface area contributed by atoms with Gasteiger partial charge in [0.25, 0.3) is 0 Å². The molecule has 5 aromatic rings. The van der Waals surface area contributed by atoms with E-state index in [4.69, 9.17) is 0 Å². The number of unbranched alkanes of at least 4 members (excludes halogenated alkanes) is 6.